The first-order chi connectivity index (χ1) is 16.7. The van der Waals surface area contributed by atoms with Gasteiger partial charge in [-0.05, 0) is 67.9 Å². The summed E-state index contributed by atoms with van der Waals surface area (Å²) in [4.78, 5) is 10.2. The third-order valence-corrected chi connectivity index (χ3v) is 9.42. The Morgan fingerprint density at radius 3 is 2.68 bits per heavy atom. The normalized spacial score (nSPS) is 18.7. The largest absolute Gasteiger partial charge is 0.394 e. The summed E-state index contributed by atoms with van der Waals surface area (Å²) in [5.41, 5.74) is 3.45. The third kappa shape index (κ3) is 5.86. The minimum Gasteiger partial charge on any atom is -0.394 e. The SMILES string of the molecule is O=S(c1ccc(C(CC2CCOCC2)c2ccc(-c3ncc(COCCO)s3)[nH]2)cc1)C1CC1. The Labute approximate surface area is 207 Å². The van der Waals surface area contributed by atoms with Gasteiger partial charge in [-0.1, -0.05) is 12.1 Å². The molecule has 5 rings (SSSR count). The number of aromatic nitrogens is 2. The van der Waals surface area contributed by atoms with E-state index in [9.17, 15) is 4.21 Å². The molecular weight excluding hydrogens is 468 g/mol. The molecule has 0 spiro atoms. The topological polar surface area (TPSA) is 84.4 Å². The van der Waals surface area contributed by atoms with Crippen LogP contribution in [0.4, 0.5) is 0 Å². The highest BCUT2D eigenvalue weighted by Gasteiger charge is 2.30. The van der Waals surface area contributed by atoms with Crippen molar-refractivity contribution in [1.82, 2.24) is 9.97 Å². The van der Waals surface area contributed by atoms with E-state index in [0.29, 0.717) is 24.4 Å². The average Bonchev–Trinajstić information content (AvgIpc) is 3.42. The van der Waals surface area contributed by atoms with Gasteiger partial charge in [-0.3, -0.25) is 4.21 Å². The quantitative estimate of drug-likeness (QED) is 0.367. The Morgan fingerprint density at radius 2 is 1.94 bits per heavy atom. The minimum atomic E-state index is -0.873. The van der Waals surface area contributed by atoms with E-state index in [1.165, 1.54) is 11.3 Å². The fraction of sp³-hybridized carbons (Fsp3) is 0.500. The molecule has 1 aliphatic heterocycles. The van der Waals surface area contributed by atoms with Gasteiger partial charge in [0.15, 0.2) is 0 Å². The van der Waals surface area contributed by atoms with Gasteiger partial charge in [0.05, 0.1) is 41.2 Å². The molecule has 3 aromatic rings. The number of H-pyrrole nitrogens is 1. The van der Waals surface area contributed by atoms with Crippen molar-refractivity contribution >= 4 is 22.1 Å². The lowest BCUT2D eigenvalue weighted by Crippen LogP contribution is -2.18. The van der Waals surface area contributed by atoms with Crippen molar-refractivity contribution in [3.05, 3.63) is 58.7 Å². The highest BCUT2D eigenvalue weighted by atomic mass is 32.2. The van der Waals surface area contributed by atoms with Crippen LogP contribution in [0.5, 0.6) is 0 Å². The fourth-order valence-corrected chi connectivity index (χ4v) is 6.73. The molecule has 2 fully saturated rings. The van der Waals surface area contributed by atoms with E-state index >= 15 is 0 Å². The maximum Gasteiger partial charge on any atom is 0.139 e. The van der Waals surface area contributed by atoms with Crippen LogP contribution in [0.2, 0.25) is 0 Å². The number of nitrogens with one attached hydrogen (secondary N) is 1. The standard InChI is InChI=1S/C26H32N2O4S2/c29-11-14-32-17-20-16-27-26(33-20)25-8-7-24(28-25)23(15-18-9-12-31-13-10-18)19-1-3-21(4-2-19)34(30)22-5-6-22/h1-4,7-8,16,18,22-23,28-29H,5-6,9-15,17H2. The van der Waals surface area contributed by atoms with Crippen LogP contribution in [0, 0.1) is 5.92 Å². The molecule has 1 saturated carbocycles. The Bertz CT molecular complexity index is 1080. The summed E-state index contributed by atoms with van der Waals surface area (Å²) in [6.45, 7) is 2.50. The first-order valence-electron chi connectivity index (χ1n) is 12.1. The predicted octanol–water partition coefficient (Wildman–Crippen LogP) is 4.87. The molecule has 2 unspecified atom stereocenters. The van der Waals surface area contributed by atoms with Crippen LogP contribution in [0.25, 0.3) is 10.7 Å². The van der Waals surface area contributed by atoms with E-state index in [4.69, 9.17) is 14.6 Å². The van der Waals surface area contributed by atoms with Crippen LogP contribution in [-0.2, 0) is 26.9 Å². The summed E-state index contributed by atoms with van der Waals surface area (Å²) in [6.07, 6.45) is 7.26. The number of rotatable bonds is 11. The fourth-order valence-electron chi connectivity index (χ4n) is 4.54. The summed E-state index contributed by atoms with van der Waals surface area (Å²) in [7, 11) is -0.873. The smallest absolute Gasteiger partial charge is 0.139 e. The van der Waals surface area contributed by atoms with E-state index in [0.717, 1.165) is 65.8 Å². The zero-order valence-corrected chi connectivity index (χ0v) is 20.9. The van der Waals surface area contributed by atoms with E-state index in [1.54, 1.807) is 11.3 Å². The van der Waals surface area contributed by atoms with Crippen LogP contribution in [0.1, 0.15) is 54.2 Å². The van der Waals surface area contributed by atoms with Crippen molar-refractivity contribution in [1.29, 1.82) is 0 Å². The van der Waals surface area contributed by atoms with Crippen LogP contribution in [0.15, 0.2) is 47.5 Å². The van der Waals surface area contributed by atoms with Gasteiger partial charge in [0, 0.05) is 41.2 Å². The second kappa shape index (κ2) is 11.3. The second-order valence-corrected chi connectivity index (χ2v) is 12.0. The number of benzene rings is 1. The molecule has 8 heteroatoms. The lowest BCUT2D eigenvalue weighted by atomic mass is 9.83. The van der Waals surface area contributed by atoms with Gasteiger partial charge in [0.1, 0.15) is 5.01 Å². The van der Waals surface area contributed by atoms with Crippen LogP contribution >= 0.6 is 11.3 Å². The number of aliphatic hydroxyl groups excluding tert-OH is 1. The number of nitrogens with zero attached hydrogens (tertiary/aromatic N) is 1. The molecule has 34 heavy (non-hydrogen) atoms. The van der Waals surface area contributed by atoms with Gasteiger partial charge in [-0.15, -0.1) is 11.3 Å². The highest BCUT2D eigenvalue weighted by Crippen LogP contribution is 2.37. The lowest BCUT2D eigenvalue weighted by Gasteiger charge is -2.27. The second-order valence-electron chi connectivity index (χ2n) is 9.15. The van der Waals surface area contributed by atoms with Crippen molar-refractivity contribution in [3.8, 4) is 10.7 Å². The maximum atomic E-state index is 12.6. The van der Waals surface area contributed by atoms with E-state index < -0.39 is 10.8 Å². The van der Waals surface area contributed by atoms with Gasteiger partial charge < -0.3 is 19.6 Å². The van der Waals surface area contributed by atoms with Gasteiger partial charge in [0.2, 0.25) is 0 Å². The van der Waals surface area contributed by atoms with E-state index in [-0.39, 0.29) is 12.5 Å². The molecule has 1 saturated heterocycles. The molecule has 2 atom stereocenters. The Morgan fingerprint density at radius 1 is 1.15 bits per heavy atom. The summed E-state index contributed by atoms with van der Waals surface area (Å²) < 4.78 is 23.6. The average molecular weight is 501 g/mol. The van der Waals surface area contributed by atoms with Gasteiger partial charge in [-0.2, -0.15) is 0 Å². The number of thiazole rings is 1. The molecule has 2 N–H and O–H groups in total. The molecule has 0 radical (unpaired) electrons. The monoisotopic (exact) mass is 500 g/mol. The molecule has 6 nitrogen and oxygen atoms in total. The van der Waals surface area contributed by atoms with Gasteiger partial charge in [0.25, 0.3) is 0 Å². The molecule has 2 aliphatic rings. The van der Waals surface area contributed by atoms with E-state index in [1.807, 2.05) is 6.20 Å². The van der Waals surface area contributed by atoms with Gasteiger partial charge >= 0.3 is 0 Å². The van der Waals surface area contributed by atoms with Crippen molar-refractivity contribution < 1.29 is 18.8 Å². The van der Waals surface area contributed by atoms with Crippen LogP contribution in [0.3, 0.4) is 0 Å². The predicted molar refractivity (Wildman–Crippen MR) is 135 cm³/mol. The third-order valence-electron chi connectivity index (χ3n) is 6.60. The highest BCUT2D eigenvalue weighted by molar-refractivity contribution is 7.86. The molecule has 2 aromatic heterocycles. The maximum absolute atomic E-state index is 12.6. The summed E-state index contributed by atoms with van der Waals surface area (Å²) >= 11 is 1.61. The lowest BCUT2D eigenvalue weighted by molar-refractivity contribution is 0.0626. The molecule has 1 aliphatic carbocycles. The molecular formula is C26H32N2O4S2. The molecule has 0 bridgehead atoms. The molecule has 1 aromatic carbocycles. The van der Waals surface area contributed by atoms with Crippen molar-refractivity contribution in [2.75, 3.05) is 26.4 Å². The molecule has 182 valence electrons. The number of aliphatic hydroxyl groups is 1. The van der Waals surface area contributed by atoms with Crippen LogP contribution in [-0.4, -0.2) is 51.0 Å². The van der Waals surface area contributed by atoms with Crippen molar-refractivity contribution in [2.45, 2.75) is 54.8 Å². The number of hydrogen-bond acceptors (Lipinski definition) is 6. The van der Waals surface area contributed by atoms with Crippen LogP contribution < -0.4 is 0 Å². The van der Waals surface area contributed by atoms with E-state index in [2.05, 4.69) is 46.4 Å². The Balaban J connectivity index is 1.36. The van der Waals surface area contributed by atoms with Crippen molar-refractivity contribution in [2.24, 2.45) is 5.92 Å². The first kappa shape index (κ1) is 23.9. The minimum absolute atomic E-state index is 0.0254. The first-order valence-corrected chi connectivity index (χ1v) is 14.1. The molecule has 3 heterocycles. The zero-order chi connectivity index (χ0) is 23.3. The summed E-state index contributed by atoms with van der Waals surface area (Å²) in [5.74, 6) is 0.869. The Kier molecular flexibility index (Phi) is 7.91. The number of aromatic amines is 1. The summed E-state index contributed by atoms with van der Waals surface area (Å²) in [5, 5.41) is 10.2. The number of ether oxygens (including phenoxy) is 2. The van der Waals surface area contributed by atoms with Gasteiger partial charge in [-0.25, -0.2) is 4.98 Å². The summed E-state index contributed by atoms with van der Waals surface area (Å²) in [6, 6.07) is 12.7. The molecule has 0 amide bonds. The Hall–Kier alpha value is -1.84. The zero-order valence-electron chi connectivity index (χ0n) is 19.3. The number of hydrogen-bond donors (Lipinski definition) is 2. The van der Waals surface area contributed by atoms with Crippen molar-refractivity contribution in [3.63, 3.8) is 0 Å².